The molecule has 1 aliphatic heterocycles. The van der Waals surface area contributed by atoms with Crippen LogP contribution in [0.2, 0.25) is 0 Å². The van der Waals surface area contributed by atoms with Crippen molar-refractivity contribution >= 4 is 31.3 Å². The van der Waals surface area contributed by atoms with E-state index in [0.29, 0.717) is 17.0 Å². The highest BCUT2D eigenvalue weighted by Gasteiger charge is 2.56. The van der Waals surface area contributed by atoms with E-state index in [2.05, 4.69) is 20.2 Å². The van der Waals surface area contributed by atoms with Gasteiger partial charge in [0.25, 0.3) is 0 Å². The molecule has 1 saturated heterocycles. The molecular weight excluding hydrogens is 627 g/mol. The summed E-state index contributed by atoms with van der Waals surface area (Å²) < 4.78 is 39.4. The Hall–Kier alpha value is -3.39. The standard InChI is InChI=1S/C32H45N6O8P/c1-5-21(6-2)16-43-31(41)20(3)37-47(42,46-24-12-11-22-9-7-8-10-23(22)15-24)44-17-26-28(39)29(40)32(45-26,18-34-4)27-14-13-25-30(33)35-19-36-38(25)27/h11-15,18-21,26,28-29,39-40H,5-10,16-17H2,1-4H3,(H,37,42)(H2,33,35,36)/t20-,26+,28+,29+,32-,47?/m0/s1. The predicted molar refractivity (Wildman–Crippen MR) is 175 cm³/mol. The van der Waals surface area contributed by atoms with Gasteiger partial charge in [-0.25, -0.2) is 14.1 Å². The first kappa shape index (κ1) is 34.9. The number of esters is 1. The Bertz CT molecular complexity index is 1630. The molecule has 3 aromatic rings. The van der Waals surface area contributed by atoms with Crippen LogP contribution >= 0.6 is 7.75 Å². The molecule has 0 spiro atoms. The van der Waals surface area contributed by atoms with Crippen molar-refractivity contribution in [2.24, 2.45) is 10.9 Å². The van der Waals surface area contributed by atoms with Crippen molar-refractivity contribution in [1.82, 2.24) is 19.7 Å². The molecule has 5 N–H and O–H groups in total. The molecule has 1 aliphatic carbocycles. The number of aliphatic hydroxyl groups is 2. The molecule has 2 aromatic heterocycles. The third-order valence-corrected chi connectivity index (χ3v) is 10.6. The Kier molecular flexibility index (Phi) is 11.0. The summed E-state index contributed by atoms with van der Waals surface area (Å²) in [6, 6.07) is 7.74. The van der Waals surface area contributed by atoms with Crippen LogP contribution in [0.25, 0.3) is 5.52 Å². The lowest BCUT2D eigenvalue weighted by atomic mass is 9.92. The van der Waals surface area contributed by atoms with Gasteiger partial charge in [0.05, 0.1) is 18.9 Å². The number of rotatable bonds is 14. The largest absolute Gasteiger partial charge is 0.464 e. The average molecular weight is 673 g/mol. The number of hydrogen-bond acceptors (Lipinski definition) is 12. The molecule has 14 nitrogen and oxygen atoms in total. The first-order valence-corrected chi connectivity index (χ1v) is 17.6. The van der Waals surface area contributed by atoms with E-state index in [-0.39, 0.29) is 18.3 Å². The number of nitrogens with zero attached hydrogens (tertiary/aromatic N) is 4. The van der Waals surface area contributed by atoms with Crippen molar-refractivity contribution in [3.63, 3.8) is 0 Å². The highest BCUT2D eigenvalue weighted by molar-refractivity contribution is 7.52. The number of benzene rings is 1. The van der Waals surface area contributed by atoms with Crippen molar-refractivity contribution in [1.29, 1.82) is 0 Å². The number of aromatic nitrogens is 3. The van der Waals surface area contributed by atoms with Crippen molar-refractivity contribution in [3.8, 4) is 5.75 Å². The minimum Gasteiger partial charge on any atom is -0.464 e. The third kappa shape index (κ3) is 7.38. The lowest BCUT2D eigenvalue weighted by Crippen LogP contribution is -2.43. The van der Waals surface area contributed by atoms with Crippen LogP contribution in [0.1, 0.15) is 63.3 Å². The summed E-state index contributed by atoms with van der Waals surface area (Å²) >= 11 is 0. The van der Waals surface area contributed by atoms with E-state index < -0.39 is 50.3 Å². The summed E-state index contributed by atoms with van der Waals surface area (Å²) in [4.78, 5) is 21.0. The minimum atomic E-state index is -4.31. The molecule has 0 amide bonds. The van der Waals surface area contributed by atoms with Crippen LogP contribution in [0.3, 0.4) is 0 Å². The van der Waals surface area contributed by atoms with E-state index in [0.717, 1.165) is 44.1 Å². The van der Waals surface area contributed by atoms with Gasteiger partial charge in [-0.3, -0.25) is 14.3 Å². The molecule has 2 aliphatic rings. The van der Waals surface area contributed by atoms with E-state index in [1.165, 1.54) is 36.6 Å². The molecule has 1 fully saturated rings. The summed E-state index contributed by atoms with van der Waals surface area (Å²) in [5.41, 5.74) is 7.46. The lowest BCUT2D eigenvalue weighted by Gasteiger charge is -2.28. The van der Waals surface area contributed by atoms with E-state index in [4.69, 9.17) is 24.3 Å². The molecule has 1 aromatic carbocycles. The number of aliphatic hydroxyl groups excluding tert-OH is 2. The second kappa shape index (κ2) is 14.8. The van der Waals surface area contributed by atoms with Crippen molar-refractivity contribution in [2.45, 2.75) is 89.3 Å². The third-order valence-electron chi connectivity index (χ3n) is 8.97. The minimum absolute atomic E-state index is 0.209. The van der Waals surface area contributed by atoms with Gasteiger partial charge in [0.2, 0.25) is 0 Å². The summed E-state index contributed by atoms with van der Waals surface area (Å²) in [6.45, 7) is 5.32. The maximum atomic E-state index is 14.4. The van der Waals surface area contributed by atoms with Crippen LogP contribution in [0.5, 0.6) is 5.75 Å². The molecule has 5 rings (SSSR count). The number of nitrogen functional groups attached to an aromatic ring is 1. The van der Waals surface area contributed by atoms with Gasteiger partial charge < -0.3 is 29.9 Å². The number of ether oxygens (including phenoxy) is 2. The van der Waals surface area contributed by atoms with Gasteiger partial charge in [0.1, 0.15) is 41.9 Å². The average Bonchev–Trinajstić information content (AvgIpc) is 3.61. The zero-order chi connectivity index (χ0) is 33.8. The number of carbonyl (C=O) groups excluding carboxylic acids is 1. The Morgan fingerprint density at radius 2 is 1.98 bits per heavy atom. The summed E-state index contributed by atoms with van der Waals surface area (Å²) in [6.07, 6.45) is 4.08. The first-order chi connectivity index (χ1) is 22.5. The zero-order valence-corrected chi connectivity index (χ0v) is 28.1. The van der Waals surface area contributed by atoms with Gasteiger partial charge in [-0.05, 0) is 73.9 Å². The Morgan fingerprint density at radius 3 is 2.70 bits per heavy atom. The highest BCUT2D eigenvalue weighted by Crippen LogP contribution is 2.47. The summed E-state index contributed by atoms with van der Waals surface area (Å²) in [5.74, 6) is 0.112. The Morgan fingerprint density at radius 1 is 1.23 bits per heavy atom. The predicted octanol–water partition coefficient (Wildman–Crippen LogP) is 3.37. The second-order valence-electron chi connectivity index (χ2n) is 12.1. The maximum absolute atomic E-state index is 14.4. The molecule has 1 unspecified atom stereocenters. The number of carbonyl (C=O) groups is 1. The van der Waals surface area contributed by atoms with Crippen LogP contribution < -0.4 is 15.3 Å². The van der Waals surface area contributed by atoms with Gasteiger partial charge in [0.15, 0.2) is 11.4 Å². The molecule has 15 heteroatoms. The fourth-order valence-corrected chi connectivity index (χ4v) is 7.60. The quantitative estimate of drug-likeness (QED) is 0.111. The Labute approximate surface area is 274 Å². The van der Waals surface area contributed by atoms with Crippen molar-refractivity contribution in [2.75, 3.05) is 26.0 Å². The molecule has 0 bridgehead atoms. The monoisotopic (exact) mass is 672 g/mol. The van der Waals surface area contributed by atoms with E-state index >= 15 is 0 Å². The van der Waals surface area contributed by atoms with Gasteiger partial charge >= 0.3 is 13.7 Å². The maximum Gasteiger partial charge on any atom is 0.459 e. The first-order valence-electron chi connectivity index (χ1n) is 16.1. The van der Waals surface area contributed by atoms with E-state index in [1.54, 1.807) is 18.2 Å². The second-order valence-corrected chi connectivity index (χ2v) is 13.8. The van der Waals surface area contributed by atoms with E-state index in [1.807, 2.05) is 26.0 Å². The fraction of sp³-hybridized carbons (Fsp3) is 0.562. The number of anilines is 1. The molecule has 256 valence electrons. The van der Waals surface area contributed by atoms with Crippen molar-refractivity contribution in [3.05, 3.63) is 53.5 Å². The molecular formula is C32H45N6O8P. The highest BCUT2D eigenvalue weighted by atomic mass is 31.2. The number of nitrogens with one attached hydrogen (secondary N) is 1. The van der Waals surface area contributed by atoms with Crippen LogP contribution in [-0.2, 0) is 41.8 Å². The van der Waals surface area contributed by atoms with E-state index in [9.17, 15) is 19.6 Å². The summed E-state index contributed by atoms with van der Waals surface area (Å²) in [7, 11) is -2.81. The zero-order valence-electron chi connectivity index (χ0n) is 27.2. The molecule has 3 heterocycles. The summed E-state index contributed by atoms with van der Waals surface area (Å²) in [5, 5.41) is 29.5. The molecule has 0 saturated carbocycles. The van der Waals surface area contributed by atoms with Gasteiger partial charge in [0, 0.05) is 13.3 Å². The van der Waals surface area contributed by atoms with Gasteiger partial charge in [-0.15, -0.1) is 0 Å². The van der Waals surface area contributed by atoms with Crippen LogP contribution in [0.4, 0.5) is 5.82 Å². The Balaban J connectivity index is 1.38. The number of fused-ring (bicyclic) bond motifs is 2. The van der Waals surface area contributed by atoms with Crippen LogP contribution in [0, 0.1) is 5.92 Å². The molecule has 6 atom stereocenters. The van der Waals surface area contributed by atoms with Gasteiger partial charge in [-0.1, -0.05) is 32.8 Å². The SMILES string of the molecule is CCC(CC)COC(=O)[C@H](C)NP(=O)(OC[C@H]1O[C@@](C=NC)(c2ccc3c(N)ncnn23)[C@H](O)[C@@H]1O)Oc1ccc2c(c1)CCCC2. The van der Waals surface area contributed by atoms with Crippen molar-refractivity contribution < 1.29 is 38.1 Å². The normalized spacial score (nSPS) is 24.8. The number of aliphatic imine (C=N–C) groups is 1. The lowest BCUT2D eigenvalue weighted by molar-refractivity contribution is -0.146. The molecule has 47 heavy (non-hydrogen) atoms. The smallest absolute Gasteiger partial charge is 0.459 e. The fourth-order valence-electron chi connectivity index (χ4n) is 6.11. The van der Waals surface area contributed by atoms with Crippen LogP contribution in [-0.4, -0.2) is 81.6 Å². The van der Waals surface area contributed by atoms with Crippen LogP contribution in [0.15, 0.2) is 41.7 Å². The number of hydrogen-bond donors (Lipinski definition) is 4. The number of nitrogens with two attached hydrogens (primary N) is 1. The topological polar surface area (TPSA) is 192 Å². The molecule has 0 radical (unpaired) electrons. The van der Waals surface area contributed by atoms with Gasteiger partial charge in [-0.2, -0.15) is 10.2 Å². The number of aryl methyl sites for hydroxylation is 2.